The highest BCUT2D eigenvalue weighted by Crippen LogP contribution is 2.43. The number of aliphatic hydroxyl groups is 1. The van der Waals surface area contributed by atoms with E-state index in [1.54, 1.807) is 0 Å². The smallest absolute Gasteiger partial charge is 0.213 e. The molecule has 0 spiro atoms. The van der Waals surface area contributed by atoms with Gasteiger partial charge in [-0.25, -0.2) is 0 Å². The van der Waals surface area contributed by atoms with Crippen LogP contribution >= 0.6 is 0 Å². The fourth-order valence-corrected chi connectivity index (χ4v) is 3.54. The van der Waals surface area contributed by atoms with Crippen LogP contribution in [0.2, 0.25) is 0 Å². The number of likely N-dealkylation sites (tertiary alicyclic amines) is 1. The molecule has 1 fully saturated rings. The molecule has 2 heterocycles. The summed E-state index contributed by atoms with van der Waals surface area (Å²) in [6, 6.07) is 12.5. The first-order valence-electron chi connectivity index (χ1n) is 7.26. The van der Waals surface area contributed by atoms with Gasteiger partial charge in [-0.2, -0.15) is 0 Å². The SMILES string of the molecule is CN1CC[C@]2(O)Oc3c(ccc4ccccc34)C[C@@H]2C1. The predicted molar refractivity (Wildman–Crippen MR) is 78.8 cm³/mol. The number of piperidine rings is 1. The van der Waals surface area contributed by atoms with Crippen molar-refractivity contribution in [1.82, 2.24) is 4.90 Å². The second-order valence-electron chi connectivity index (χ2n) is 6.14. The van der Waals surface area contributed by atoms with Crippen molar-refractivity contribution in [3.63, 3.8) is 0 Å². The summed E-state index contributed by atoms with van der Waals surface area (Å²) in [6.45, 7) is 1.77. The van der Waals surface area contributed by atoms with E-state index < -0.39 is 5.79 Å². The van der Waals surface area contributed by atoms with E-state index in [-0.39, 0.29) is 5.92 Å². The molecule has 2 aromatic carbocycles. The average molecular weight is 269 g/mol. The van der Waals surface area contributed by atoms with Crippen LogP contribution in [0.15, 0.2) is 36.4 Å². The van der Waals surface area contributed by atoms with Crippen LogP contribution in [0.3, 0.4) is 0 Å². The molecule has 0 amide bonds. The van der Waals surface area contributed by atoms with Crippen molar-refractivity contribution in [2.45, 2.75) is 18.6 Å². The van der Waals surface area contributed by atoms with Gasteiger partial charge in [-0.1, -0.05) is 36.4 Å². The lowest BCUT2D eigenvalue weighted by atomic mass is 9.82. The highest BCUT2D eigenvalue weighted by molar-refractivity contribution is 5.89. The molecular formula is C17H19NO2. The molecule has 2 atom stereocenters. The maximum Gasteiger partial charge on any atom is 0.213 e. The fourth-order valence-electron chi connectivity index (χ4n) is 3.54. The van der Waals surface area contributed by atoms with Crippen molar-refractivity contribution in [1.29, 1.82) is 0 Å². The van der Waals surface area contributed by atoms with Gasteiger partial charge in [0.2, 0.25) is 5.79 Å². The summed E-state index contributed by atoms with van der Waals surface area (Å²) in [5, 5.41) is 13.1. The predicted octanol–water partition coefficient (Wildman–Crippen LogP) is 2.42. The largest absolute Gasteiger partial charge is 0.461 e. The van der Waals surface area contributed by atoms with E-state index in [2.05, 4.69) is 36.2 Å². The summed E-state index contributed by atoms with van der Waals surface area (Å²) in [5.41, 5.74) is 1.22. The zero-order valence-electron chi connectivity index (χ0n) is 11.7. The monoisotopic (exact) mass is 269 g/mol. The van der Waals surface area contributed by atoms with Crippen LogP contribution in [0.4, 0.5) is 0 Å². The lowest BCUT2D eigenvalue weighted by Gasteiger charge is -2.46. The van der Waals surface area contributed by atoms with Crippen LogP contribution in [0, 0.1) is 5.92 Å². The molecule has 0 unspecified atom stereocenters. The normalized spacial score (nSPS) is 29.6. The Morgan fingerprint density at radius 2 is 2.10 bits per heavy atom. The summed E-state index contributed by atoms with van der Waals surface area (Å²) in [7, 11) is 2.11. The third-order valence-electron chi connectivity index (χ3n) is 4.73. The maximum atomic E-state index is 10.9. The fraction of sp³-hybridized carbons (Fsp3) is 0.412. The summed E-state index contributed by atoms with van der Waals surface area (Å²) in [5.74, 6) is 0.0465. The molecule has 104 valence electrons. The first-order valence-corrected chi connectivity index (χ1v) is 7.26. The number of benzene rings is 2. The van der Waals surface area contributed by atoms with Gasteiger partial charge in [0.25, 0.3) is 0 Å². The molecule has 2 aliphatic heterocycles. The summed E-state index contributed by atoms with van der Waals surface area (Å²) >= 11 is 0. The Balaban J connectivity index is 1.84. The van der Waals surface area contributed by atoms with E-state index >= 15 is 0 Å². The Kier molecular flexibility index (Phi) is 2.56. The molecule has 4 rings (SSSR count). The van der Waals surface area contributed by atoms with Gasteiger partial charge >= 0.3 is 0 Å². The first kappa shape index (κ1) is 12.2. The molecule has 1 saturated heterocycles. The lowest BCUT2D eigenvalue weighted by Crippen LogP contribution is -2.56. The van der Waals surface area contributed by atoms with Crippen molar-refractivity contribution in [2.75, 3.05) is 20.1 Å². The van der Waals surface area contributed by atoms with Crippen LogP contribution in [0.1, 0.15) is 12.0 Å². The summed E-state index contributed by atoms with van der Waals surface area (Å²) < 4.78 is 6.11. The second-order valence-corrected chi connectivity index (χ2v) is 6.14. The quantitative estimate of drug-likeness (QED) is 0.797. The van der Waals surface area contributed by atoms with Gasteiger partial charge in [0.05, 0.1) is 0 Å². The minimum Gasteiger partial charge on any atom is -0.461 e. The number of rotatable bonds is 0. The van der Waals surface area contributed by atoms with Gasteiger partial charge < -0.3 is 14.7 Å². The summed E-state index contributed by atoms with van der Waals surface area (Å²) in [4.78, 5) is 2.27. The topological polar surface area (TPSA) is 32.7 Å². The van der Waals surface area contributed by atoms with Gasteiger partial charge in [-0.3, -0.25) is 0 Å². The van der Waals surface area contributed by atoms with E-state index in [0.717, 1.165) is 30.6 Å². The number of hydrogen-bond acceptors (Lipinski definition) is 3. The zero-order chi connectivity index (χ0) is 13.7. The maximum absolute atomic E-state index is 10.9. The third-order valence-corrected chi connectivity index (χ3v) is 4.73. The van der Waals surface area contributed by atoms with E-state index in [4.69, 9.17) is 4.74 Å². The minimum atomic E-state index is -0.996. The Labute approximate surface area is 118 Å². The van der Waals surface area contributed by atoms with Crippen LogP contribution in [-0.2, 0) is 6.42 Å². The Morgan fingerprint density at radius 1 is 1.25 bits per heavy atom. The Morgan fingerprint density at radius 3 is 3.00 bits per heavy atom. The van der Waals surface area contributed by atoms with E-state index in [1.165, 1.54) is 10.9 Å². The third kappa shape index (κ3) is 1.74. The molecule has 3 nitrogen and oxygen atoms in total. The van der Waals surface area contributed by atoms with Gasteiger partial charge in [-0.05, 0) is 24.4 Å². The van der Waals surface area contributed by atoms with Crippen LogP contribution in [0.25, 0.3) is 10.8 Å². The van der Waals surface area contributed by atoms with Gasteiger partial charge in [0.15, 0.2) is 0 Å². The molecule has 1 N–H and O–H groups in total. The van der Waals surface area contributed by atoms with Crippen molar-refractivity contribution < 1.29 is 9.84 Å². The van der Waals surface area contributed by atoms with Crippen LogP contribution in [0.5, 0.6) is 5.75 Å². The van der Waals surface area contributed by atoms with Gasteiger partial charge in [0, 0.05) is 30.8 Å². The molecule has 0 aromatic heterocycles. The highest BCUT2D eigenvalue weighted by atomic mass is 16.6. The van der Waals surface area contributed by atoms with Crippen molar-refractivity contribution in [3.8, 4) is 5.75 Å². The van der Waals surface area contributed by atoms with Crippen LogP contribution < -0.4 is 4.74 Å². The van der Waals surface area contributed by atoms with Crippen LogP contribution in [-0.4, -0.2) is 35.9 Å². The standard InChI is InChI=1S/C17H19NO2/c1-18-9-8-17(19)14(11-18)10-13-7-6-12-4-2-3-5-15(12)16(13)20-17/h2-7,14,19H,8-11H2,1H3/t14-,17+/m1/s1. The van der Waals surface area contributed by atoms with Gasteiger partial charge in [0.1, 0.15) is 5.75 Å². The van der Waals surface area contributed by atoms with Gasteiger partial charge in [-0.15, -0.1) is 0 Å². The molecule has 0 bridgehead atoms. The first-order chi connectivity index (χ1) is 9.66. The average Bonchev–Trinajstić information content (AvgIpc) is 2.46. The lowest BCUT2D eigenvalue weighted by molar-refractivity contribution is -0.211. The Bertz CT molecular complexity index is 669. The van der Waals surface area contributed by atoms with Crippen molar-refractivity contribution in [2.24, 2.45) is 5.92 Å². The molecule has 0 radical (unpaired) electrons. The molecule has 0 saturated carbocycles. The number of ether oxygens (including phenoxy) is 1. The Hall–Kier alpha value is -1.58. The second kappa shape index (κ2) is 4.21. The molecular weight excluding hydrogens is 250 g/mol. The summed E-state index contributed by atoms with van der Waals surface area (Å²) in [6.07, 6.45) is 1.57. The highest BCUT2D eigenvalue weighted by Gasteiger charge is 2.46. The number of fused-ring (bicyclic) bond motifs is 4. The molecule has 0 aliphatic carbocycles. The van der Waals surface area contributed by atoms with Crippen molar-refractivity contribution in [3.05, 3.63) is 42.0 Å². The zero-order valence-corrected chi connectivity index (χ0v) is 11.7. The molecule has 2 aromatic rings. The molecule has 2 aliphatic rings. The van der Waals surface area contributed by atoms with E-state index in [1.807, 2.05) is 12.1 Å². The van der Waals surface area contributed by atoms with E-state index in [0.29, 0.717) is 6.42 Å². The number of hydrogen-bond donors (Lipinski definition) is 1. The molecule has 3 heteroatoms. The minimum absolute atomic E-state index is 0.162. The van der Waals surface area contributed by atoms with Crippen molar-refractivity contribution >= 4 is 10.8 Å². The number of nitrogens with zero attached hydrogens (tertiary/aromatic N) is 1. The van der Waals surface area contributed by atoms with E-state index in [9.17, 15) is 5.11 Å². The molecule has 20 heavy (non-hydrogen) atoms.